The van der Waals surface area contributed by atoms with Crippen LogP contribution in [0.1, 0.15) is 18.9 Å². The molecule has 1 unspecified atom stereocenters. The maximum absolute atomic E-state index is 5.98. The number of anilines is 3. The van der Waals surface area contributed by atoms with Crippen LogP contribution in [0.15, 0.2) is 36.4 Å². The van der Waals surface area contributed by atoms with Crippen LogP contribution in [-0.4, -0.2) is 30.1 Å². The predicted molar refractivity (Wildman–Crippen MR) is 102 cm³/mol. The zero-order valence-corrected chi connectivity index (χ0v) is 14.9. The molecule has 24 heavy (non-hydrogen) atoms. The number of rotatable bonds is 2. The van der Waals surface area contributed by atoms with Crippen molar-refractivity contribution in [3.8, 4) is 0 Å². The van der Waals surface area contributed by atoms with Gasteiger partial charge in [0.05, 0.1) is 11.0 Å². The molecule has 1 aliphatic rings. The van der Waals surface area contributed by atoms with Crippen molar-refractivity contribution < 1.29 is 0 Å². The number of aryl methyl sites for hydroxylation is 1. The Balaban J connectivity index is 1.77. The third kappa shape index (κ3) is 2.42. The third-order valence-corrected chi connectivity index (χ3v) is 5.36. The molecule has 4 nitrogen and oxygen atoms in total. The first-order chi connectivity index (χ1) is 11.5. The van der Waals surface area contributed by atoms with E-state index in [1.54, 1.807) is 0 Å². The van der Waals surface area contributed by atoms with Gasteiger partial charge in [-0.25, -0.2) is 4.98 Å². The van der Waals surface area contributed by atoms with Crippen LogP contribution >= 0.6 is 11.6 Å². The highest BCUT2D eigenvalue weighted by Crippen LogP contribution is 2.35. The topological polar surface area (TPSA) is 35.2 Å². The monoisotopic (exact) mass is 340 g/mol. The highest BCUT2D eigenvalue weighted by atomic mass is 35.5. The van der Waals surface area contributed by atoms with Crippen molar-refractivity contribution in [3.63, 3.8) is 0 Å². The summed E-state index contributed by atoms with van der Waals surface area (Å²) in [5.41, 5.74) is 5.88. The van der Waals surface area contributed by atoms with E-state index in [9.17, 15) is 0 Å². The molecule has 2 aromatic carbocycles. The molecular weight excluding hydrogens is 320 g/mol. The lowest BCUT2D eigenvalue weighted by Crippen LogP contribution is -2.33. The molecular formula is C19H21ClN4. The number of hydrogen-bond donors (Lipinski definition) is 1. The number of H-pyrrole nitrogens is 1. The first-order valence-corrected chi connectivity index (χ1v) is 8.66. The van der Waals surface area contributed by atoms with Crippen molar-refractivity contribution in [2.75, 3.05) is 23.9 Å². The van der Waals surface area contributed by atoms with E-state index in [0.29, 0.717) is 6.04 Å². The van der Waals surface area contributed by atoms with Gasteiger partial charge < -0.3 is 14.8 Å². The zero-order chi connectivity index (χ0) is 16.8. The molecule has 124 valence electrons. The predicted octanol–water partition coefficient (Wildman–Crippen LogP) is 4.76. The molecule has 5 heteroatoms. The number of aromatic nitrogens is 2. The second kappa shape index (κ2) is 5.71. The average molecular weight is 341 g/mol. The fourth-order valence-electron chi connectivity index (χ4n) is 3.42. The summed E-state index contributed by atoms with van der Waals surface area (Å²) in [5.74, 6) is 0.849. The lowest BCUT2D eigenvalue weighted by atomic mass is 9.96. The Hall–Kier alpha value is -2.20. The molecule has 0 spiro atoms. The van der Waals surface area contributed by atoms with E-state index in [1.165, 1.54) is 11.3 Å². The Morgan fingerprint density at radius 1 is 1.21 bits per heavy atom. The second-order valence-corrected chi connectivity index (χ2v) is 6.99. The third-order valence-electron chi connectivity index (χ3n) is 5.11. The SMILES string of the molecule is CC1CCc2c(ccc3[nH]c(N(C)c4ccc(Cl)cc4)nc23)N1C. The van der Waals surface area contributed by atoms with Gasteiger partial charge in [0.25, 0.3) is 0 Å². The van der Waals surface area contributed by atoms with Gasteiger partial charge in [0.15, 0.2) is 0 Å². The molecule has 0 saturated heterocycles. The Kier molecular flexibility index (Phi) is 3.65. The molecule has 1 N–H and O–H groups in total. The number of benzene rings is 2. The van der Waals surface area contributed by atoms with Gasteiger partial charge in [-0.2, -0.15) is 0 Å². The molecule has 0 saturated carbocycles. The van der Waals surface area contributed by atoms with Gasteiger partial charge >= 0.3 is 0 Å². The molecule has 4 rings (SSSR count). The van der Waals surface area contributed by atoms with Crippen molar-refractivity contribution in [3.05, 3.63) is 47.0 Å². The van der Waals surface area contributed by atoms with Crippen molar-refractivity contribution in [1.29, 1.82) is 0 Å². The molecule has 0 bridgehead atoms. The van der Waals surface area contributed by atoms with E-state index in [1.807, 2.05) is 31.3 Å². The fourth-order valence-corrected chi connectivity index (χ4v) is 3.54. The maximum atomic E-state index is 5.98. The number of nitrogens with zero attached hydrogens (tertiary/aromatic N) is 3. The van der Waals surface area contributed by atoms with E-state index in [4.69, 9.17) is 16.6 Å². The Morgan fingerprint density at radius 2 is 1.96 bits per heavy atom. The number of hydrogen-bond acceptors (Lipinski definition) is 3. The van der Waals surface area contributed by atoms with Crippen LogP contribution in [0.5, 0.6) is 0 Å². The fraction of sp³-hybridized carbons (Fsp3) is 0.316. The minimum absolute atomic E-state index is 0.574. The summed E-state index contributed by atoms with van der Waals surface area (Å²) < 4.78 is 0. The van der Waals surface area contributed by atoms with Crippen molar-refractivity contribution in [2.24, 2.45) is 0 Å². The molecule has 2 heterocycles. The van der Waals surface area contributed by atoms with Crippen molar-refractivity contribution >= 4 is 40.0 Å². The molecule has 0 aliphatic carbocycles. The first kappa shape index (κ1) is 15.3. The standard InChI is InChI=1S/C19H21ClN4/c1-12-4-9-15-17(23(12)2)11-10-16-18(15)22-19(21-16)24(3)14-7-5-13(20)6-8-14/h5-8,10-12H,4,9H2,1-3H3,(H,21,22). The second-order valence-electron chi connectivity index (χ2n) is 6.55. The van der Waals surface area contributed by atoms with Crippen molar-refractivity contribution in [2.45, 2.75) is 25.8 Å². The van der Waals surface area contributed by atoms with Gasteiger partial charge in [-0.3, -0.25) is 0 Å². The summed E-state index contributed by atoms with van der Waals surface area (Å²) in [6.45, 7) is 2.28. The minimum atomic E-state index is 0.574. The van der Waals surface area contributed by atoms with E-state index >= 15 is 0 Å². The summed E-state index contributed by atoms with van der Waals surface area (Å²) >= 11 is 5.98. The van der Waals surface area contributed by atoms with E-state index < -0.39 is 0 Å². The minimum Gasteiger partial charge on any atom is -0.372 e. The molecule has 0 radical (unpaired) electrons. The highest BCUT2D eigenvalue weighted by Gasteiger charge is 2.23. The quantitative estimate of drug-likeness (QED) is 0.730. The maximum Gasteiger partial charge on any atom is 0.208 e. The first-order valence-electron chi connectivity index (χ1n) is 8.28. The summed E-state index contributed by atoms with van der Waals surface area (Å²) in [6, 6.07) is 12.7. The van der Waals surface area contributed by atoms with Crippen molar-refractivity contribution in [1.82, 2.24) is 9.97 Å². The van der Waals surface area contributed by atoms with Crippen LogP contribution in [-0.2, 0) is 6.42 Å². The molecule has 1 aromatic heterocycles. The number of aromatic amines is 1. The normalized spacial score (nSPS) is 17.2. The Morgan fingerprint density at radius 3 is 2.71 bits per heavy atom. The van der Waals surface area contributed by atoms with E-state index in [-0.39, 0.29) is 0 Å². The van der Waals surface area contributed by atoms with Gasteiger partial charge in [0.1, 0.15) is 0 Å². The molecule has 3 aromatic rings. The number of nitrogens with one attached hydrogen (secondary N) is 1. The summed E-state index contributed by atoms with van der Waals surface area (Å²) in [7, 11) is 4.18. The van der Waals surface area contributed by atoms with Gasteiger partial charge in [-0.05, 0) is 56.2 Å². The zero-order valence-electron chi connectivity index (χ0n) is 14.2. The average Bonchev–Trinajstić information content (AvgIpc) is 3.02. The highest BCUT2D eigenvalue weighted by molar-refractivity contribution is 6.30. The van der Waals surface area contributed by atoms with Crippen LogP contribution in [0.4, 0.5) is 17.3 Å². The summed E-state index contributed by atoms with van der Waals surface area (Å²) in [4.78, 5) is 12.8. The van der Waals surface area contributed by atoms with Crippen LogP contribution in [0.3, 0.4) is 0 Å². The van der Waals surface area contributed by atoms with E-state index in [0.717, 1.165) is 40.5 Å². The van der Waals surface area contributed by atoms with Crippen LogP contribution in [0.2, 0.25) is 5.02 Å². The van der Waals surface area contributed by atoms with Crippen LogP contribution < -0.4 is 9.80 Å². The lowest BCUT2D eigenvalue weighted by Gasteiger charge is -2.33. The van der Waals surface area contributed by atoms with E-state index in [2.05, 4.69) is 40.9 Å². The van der Waals surface area contributed by atoms with Gasteiger partial charge in [-0.1, -0.05) is 11.6 Å². The van der Waals surface area contributed by atoms with Crippen LogP contribution in [0.25, 0.3) is 11.0 Å². The smallest absolute Gasteiger partial charge is 0.208 e. The lowest BCUT2D eigenvalue weighted by molar-refractivity contribution is 0.600. The molecule has 1 atom stereocenters. The molecule has 0 amide bonds. The molecule has 0 fully saturated rings. The largest absolute Gasteiger partial charge is 0.372 e. The van der Waals surface area contributed by atoms with Gasteiger partial charge in [-0.15, -0.1) is 0 Å². The summed E-state index contributed by atoms with van der Waals surface area (Å²) in [6.07, 6.45) is 2.24. The molecule has 1 aliphatic heterocycles. The van der Waals surface area contributed by atoms with Gasteiger partial charge in [0, 0.05) is 42.1 Å². The number of halogens is 1. The Bertz CT molecular complexity index is 884. The van der Waals surface area contributed by atoms with Crippen LogP contribution in [0, 0.1) is 0 Å². The number of imidazole rings is 1. The summed E-state index contributed by atoms with van der Waals surface area (Å²) in [5, 5.41) is 0.739. The number of fused-ring (bicyclic) bond motifs is 3. The van der Waals surface area contributed by atoms with Gasteiger partial charge in [0.2, 0.25) is 5.95 Å². The Labute approximate surface area is 147 Å².